The SMILES string of the molecule is CN(C)S(=O)(=O)c1cc(C(=O)N(Cc2cccs2)c2ccc(F)cc2)ccc1F. The summed E-state index contributed by atoms with van der Waals surface area (Å²) in [5.41, 5.74) is 0.443. The zero-order valence-corrected chi connectivity index (χ0v) is 17.3. The van der Waals surface area contributed by atoms with Gasteiger partial charge < -0.3 is 4.90 Å². The lowest BCUT2D eigenvalue weighted by molar-refractivity contribution is 0.0985. The Labute approximate surface area is 171 Å². The summed E-state index contributed by atoms with van der Waals surface area (Å²) in [6.07, 6.45) is 0. The van der Waals surface area contributed by atoms with Crippen molar-refractivity contribution in [2.24, 2.45) is 0 Å². The molecule has 0 aliphatic carbocycles. The quantitative estimate of drug-likeness (QED) is 0.584. The standard InChI is InChI=1S/C20H18F2N2O3S2/c1-23(2)29(26,27)19-12-14(5-10-18(19)22)20(25)24(13-17-4-3-11-28-17)16-8-6-15(21)7-9-16/h3-12H,13H2,1-2H3. The third-order valence-corrected chi connectivity index (χ3v) is 6.91. The van der Waals surface area contributed by atoms with Gasteiger partial charge in [-0.05, 0) is 53.9 Å². The number of halogens is 2. The van der Waals surface area contributed by atoms with Crippen molar-refractivity contribution in [2.75, 3.05) is 19.0 Å². The minimum atomic E-state index is -4.07. The summed E-state index contributed by atoms with van der Waals surface area (Å²) >= 11 is 1.44. The lowest BCUT2D eigenvalue weighted by atomic mass is 10.1. The maximum Gasteiger partial charge on any atom is 0.258 e. The van der Waals surface area contributed by atoms with Crippen molar-refractivity contribution in [3.63, 3.8) is 0 Å². The van der Waals surface area contributed by atoms with Crippen LogP contribution in [-0.2, 0) is 16.6 Å². The van der Waals surface area contributed by atoms with Gasteiger partial charge in [0, 0.05) is 30.2 Å². The summed E-state index contributed by atoms with van der Waals surface area (Å²) < 4.78 is 53.2. The Kier molecular flexibility index (Phi) is 6.11. The number of hydrogen-bond acceptors (Lipinski definition) is 4. The van der Waals surface area contributed by atoms with Gasteiger partial charge in [-0.25, -0.2) is 21.5 Å². The fourth-order valence-electron chi connectivity index (χ4n) is 2.65. The molecule has 152 valence electrons. The fraction of sp³-hybridized carbons (Fsp3) is 0.150. The van der Waals surface area contributed by atoms with E-state index in [4.69, 9.17) is 0 Å². The van der Waals surface area contributed by atoms with Gasteiger partial charge in [0.25, 0.3) is 5.91 Å². The van der Waals surface area contributed by atoms with Crippen molar-refractivity contribution in [1.82, 2.24) is 4.31 Å². The lowest BCUT2D eigenvalue weighted by Crippen LogP contribution is -2.30. The zero-order chi connectivity index (χ0) is 21.2. The second kappa shape index (κ2) is 8.40. The number of carbonyl (C=O) groups is 1. The number of hydrogen-bond donors (Lipinski definition) is 0. The van der Waals surface area contributed by atoms with E-state index in [1.165, 1.54) is 60.7 Å². The summed E-state index contributed by atoms with van der Waals surface area (Å²) in [4.78, 5) is 14.9. The third kappa shape index (κ3) is 4.52. The molecule has 1 heterocycles. The van der Waals surface area contributed by atoms with Gasteiger partial charge in [-0.2, -0.15) is 0 Å². The summed E-state index contributed by atoms with van der Waals surface area (Å²) in [5.74, 6) is -1.92. The van der Waals surface area contributed by atoms with Crippen LogP contribution in [0.5, 0.6) is 0 Å². The molecule has 0 fully saturated rings. The zero-order valence-electron chi connectivity index (χ0n) is 15.7. The molecular weight excluding hydrogens is 418 g/mol. The maximum atomic E-state index is 14.2. The first kappa shape index (κ1) is 21.1. The fourth-order valence-corrected chi connectivity index (χ4v) is 4.32. The maximum absolute atomic E-state index is 14.2. The molecule has 0 unspecified atom stereocenters. The molecule has 0 bridgehead atoms. The van der Waals surface area contributed by atoms with Crippen molar-refractivity contribution in [3.8, 4) is 0 Å². The third-order valence-electron chi connectivity index (χ3n) is 4.21. The van der Waals surface area contributed by atoms with Crippen molar-refractivity contribution in [1.29, 1.82) is 0 Å². The molecule has 1 aromatic heterocycles. The molecule has 0 saturated carbocycles. The van der Waals surface area contributed by atoms with Crippen molar-refractivity contribution >= 4 is 33.0 Å². The number of anilines is 1. The molecule has 0 N–H and O–H groups in total. The van der Waals surface area contributed by atoms with E-state index in [1.807, 2.05) is 17.5 Å². The monoisotopic (exact) mass is 436 g/mol. The number of rotatable bonds is 6. The molecule has 2 aromatic carbocycles. The van der Waals surface area contributed by atoms with Crippen LogP contribution in [0.4, 0.5) is 14.5 Å². The summed E-state index contributed by atoms with van der Waals surface area (Å²) in [6.45, 7) is 0.204. The van der Waals surface area contributed by atoms with Gasteiger partial charge in [0.05, 0.1) is 6.54 Å². The van der Waals surface area contributed by atoms with Gasteiger partial charge in [0.1, 0.15) is 16.5 Å². The Hall–Kier alpha value is -2.62. The molecule has 3 rings (SSSR count). The van der Waals surface area contributed by atoms with Gasteiger partial charge in [0.15, 0.2) is 0 Å². The Bertz CT molecular complexity index is 1110. The molecule has 0 aliphatic heterocycles. The highest BCUT2D eigenvalue weighted by Gasteiger charge is 2.26. The number of amides is 1. The average molecular weight is 437 g/mol. The number of nitrogens with zero attached hydrogens (tertiary/aromatic N) is 2. The van der Waals surface area contributed by atoms with Gasteiger partial charge >= 0.3 is 0 Å². The highest BCUT2D eigenvalue weighted by atomic mass is 32.2. The van der Waals surface area contributed by atoms with Crippen LogP contribution in [0.2, 0.25) is 0 Å². The van der Waals surface area contributed by atoms with Crippen LogP contribution in [0, 0.1) is 11.6 Å². The largest absolute Gasteiger partial charge is 0.303 e. The molecule has 0 aliphatic rings. The molecule has 0 saturated heterocycles. The Balaban J connectivity index is 2.05. The molecule has 29 heavy (non-hydrogen) atoms. The Morgan fingerprint density at radius 3 is 2.31 bits per heavy atom. The van der Waals surface area contributed by atoms with Gasteiger partial charge in [-0.15, -0.1) is 11.3 Å². The first-order valence-corrected chi connectivity index (χ1v) is 10.8. The number of sulfonamides is 1. The number of carbonyl (C=O) groups excluding carboxylic acids is 1. The van der Waals surface area contributed by atoms with Crippen LogP contribution in [0.3, 0.4) is 0 Å². The smallest absolute Gasteiger partial charge is 0.258 e. The minimum absolute atomic E-state index is 0.00714. The predicted molar refractivity (Wildman–Crippen MR) is 109 cm³/mol. The predicted octanol–water partition coefficient (Wildman–Crippen LogP) is 4.12. The highest BCUT2D eigenvalue weighted by Crippen LogP contribution is 2.25. The molecule has 1 amide bonds. The average Bonchev–Trinajstić information content (AvgIpc) is 3.20. The molecular formula is C20H18F2N2O3S2. The van der Waals surface area contributed by atoms with Crippen LogP contribution in [0.1, 0.15) is 15.2 Å². The van der Waals surface area contributed by atoms with Gasteiger partial charge in [-0.3, -0.25) is 4.79 Å². The van der Waals surface area contributed by atoms with Crippen LogP contribution >= 0.6 is 11.3 Å². The van der Waals surface area contributed by atoms with Crippen LogP contribution in [0.15, 0.2) is 64.9 Å². The van der Waals surface area contributed by atoms with Crippen LogP contribution in [-0.4, -0.2) is 32.7 Å². The molecule has 5 nitrogen and oxygen atoms in total. The van der Waals surface area contributed by atoms with E-state index in [-0.39, 0.29) is 12.1 Å². The van der Waals surface area contributed by atoms with Crippen LogP contribution < -0.4 is 4.90 Å². The summed E-state index contributed by atoms with van der Waals surface area (Å²) in [7, 11) is -1.50. The van der Waals surface area contributed by atoms with Crippen molar-refractivity contribution in [2.45, 2.75) is 11.4 Å². The van der Waals surface area contributed by atoms with Gasteiger partial charge in [-0.1, -0.05) is 6.07 Å². The van der Waals surface area contributed by atoms with E-state index in [0.717, 1.165) is 21.3 Å². The van der Waals surface area contributed by atoms with Gasteiger partial charge in [0.2, 0.25) is 10.0 Å². The number of thiophene rings is 1. The highest BCUT2D eigenvalue weighted by molar-refractivity contribution is 7.89. The Morgan fingerprint density at radius 1 is 1.03 bits per heavy atom. The van der Waals surface area contributed by atoms with Crippen molar-refractivity contribution in [3.05, 3.63) is 82.1 Å². The molecule has 3 aromatic rings. The molecule has 9 heteroatoms. The Morgan fingerprint density at radius 2 is 1.72 bits per heavy atom. The van der Waals surface area contributed by atoms with E-state index in [2.05, 4.69) is 0 Å². The first-order chi connectivity index (χ1) is 13.7. The molecule has 0 atom stereocenters. The molecule has 0 spiro atoms. The van der Waals surface area contributed by atoms with E-state index >= 15 is 0 Å². The second-order valence-corrected chi connectivity index (χ2v) is 9.53. The summed E-state index contributed by atoms with van der Waals surface area (Å²) in [6, 6.07) is 12.3. The first-order valence-electron chi connectivity index (χ1n) is 8.52. The van der Waals surface area contributed by atoms with Crippen molar-refractivity contribution < 1.29 is 22.0 Å². The topological polar surface area (TPSA) is 57.7 Å². The summed E-state index contributed by atoms with van der Waals surface area (Å²) in [5, 5.41) is 1.86. The number of benzene rings is 2. The van der Waals surface area contributed by atoms with E-state index in [1.54, 1.807) is 0 Å². The lowest BCUT2D eigenvalue weighted by Gasteiger charge is -2.23. The minimum Gasteiger partial charge on any atom is -0.303 e. The normalized spacial score (nSPS) is 11.6. The second-order valence-electron chi connectivity index (χ2n) is 6.38. The van der Waals surface area contributed by atoms with E-state index in [0.29, 0.717) is 5.69 Å². The van der Waals surface area contributed by atoms with Crippen LogP contribution in [0.25, 0.3) is 0 Å². The van der Waals surface area contributed by atoms with E-state index in [9.17, 15) is 22.0 Å². The van der Waals surface area contributed by atoms with E-state index < -0.39 is 32.5 Å². The molecule has 0 radical (unpaired) electrons.